The standard InChI is InChI=1S/C20H33N4O7P/c1-6-19(4,31-32(28,29)20(27,7-2)8-3)10-14-13(25)9-15(30-14)24-12-23(5)16-17(24)21-11-22-18(16)26/h11-15,25,27H,6-10H2,1-5H3,(H-,21,22,26,28,29)/p+1. The van der Waals surface area contributed by atoms with Crippen LogP contribution in [-0.4, -0.2) is 52.8 Å². The average molecular weight is 473 g/mol. The Hall–Kier alpha value is -1.62. The maximum atomic E-state index is 12.9. The number of H-pyrrole nitrogens is 1. The molecule has 1 aliphatic rings. The minimum absolute atomic E-state index is 0.0750. The van der Waals surface area contributed by atoms with Gasteiger partial charge in [-0.1, -0.05) is 25.8 Å². The van der Waals surface area contributed by atoms with Gasteiger partial charge in [0.2, 0.25) is 5.52 Å². The van der Waals surface area contributed by atoms with Crippen molar-refractivity contribution in [3.05, 3.63) is 23.0 Å². The van der Waals surface area contributed by atoms with Crippen LogP contribution in [0.25, 0.3) is 11.2 Å². The topological polar surface area (TPSA) is 151 Å². The van der Waals surface area contributed by atoms with E-state index in [1.165, 1.54) is 6.33 Å². The van der Waals surface area contributed by atoms with Gasteiger partial charge in [-0.05, 0) is 26.2 Å². The first kappa shape index (κ1) is 25.0. The van der Waals surface area contributed by atoms with Crippen LogP contribution >= 0.6 is 7.60 Å². The largest absolute Gasteiger partial charge is 0.390 e. The van der Waals surface area contributed by atoms with Crippen LogP contribution in [0.3, 0.4) is 0 Å². The maximum absolute atomic E-state index is 12.9. The smallest absolute Gasteiger partial charge is 0.359 e. The van der Waals surface area contributed by atoms with Crippen molar-refractivity contribution >= 4 is 18.8 Å². The van der Waals surface area contributed by atoms with E-state index >= 15 is 0 Å². The Morgan fingerprint density at radius 3 is 2.62 bits per heavy atom. The van der Waals surface area contributed by atoms with E-state index in [1.54, 1.807) is 43.3 Å². The monoisotopic (exact) mass is 473 g/mol. The van der Waals surface area contributed by atoms with E-state index < -0.39 is 37.0 Å². The summed E-state index contributed by atoms with van der Waals surface area (Å²) in [7, 11) is -2.65. The van der Waals surface area contributed by atoms with E-state index in [9.17, 15) is 24.5 Å². The number of aryl methyl sites for hydroxylation is 1. The zero-order valence-electron chi connectivity index (χ0n) is 19.2. The minimum Gasteiger partial charge on any atom is -0.390 e. The molecule has 1 aliphatic heterocycles. The SMILES string of the molecule is CCC(C)(CC1OC([n+]2cn(C)c3c(=O)[nH]cnc32)CC1O)OP(=O)(O)C(O)(CC)CC. The molecule has 2 aromatic heterocycles. The highest BCUT2D eigenvalue weighted by atomic mass is 31.2. The number of hydrogen-bond acceptors (Lipinski definition) is 7. The number of hydrogen-bond donors (Lipinski definition) is 4. The quantitative estimate of drug-likeness (QED) is 0.316. The van der Waals surface area contributed by atoms with Gasteiger partial charge in [-0.2, -0.15) is 0 Å². The molecule has 0 spiro atoms. The molecule has 0 aliphatic carbocycles. The van der Waals surface area contributed by atoms with Gasteiger partial charge in [0.05, 0.1) is 24.9 Å². The Balaban J connectivity index is 1.82. The van der Waals surface area contributed by atoms with Crippen molar-refractivity contribution < 1.29 is 33.5 Å². The Kier molecular flexibility index (Phi) is 7.01. The van der Waals surface area contributed by atoms with Crippen LogP contribution in [0.15, 0.2) is 17.4 Å². The molecule has 4 N–H and O–H groups in total. The summed E-state index contributed by atoms with van der Waals surface area (Å²) >= 11 is 0. The number of nitrogens with one attached hydrogen (secondary N) is 1. The molecule has 0 aromatic carbocycles. The summed E-state index contributed by atoms with van der Waals surface area (Å²) in [6.07, 6.45) is 1.83. The first-order valence-corrected chi connectivity index (χ1v) is 12.5. The molecule has 5 unspecified atom stereocenters. The number of imidazole rings is 1. The maximum Gasteiger partial charge on any atom is 0.359 e. The molecule has 180 valence electrons. The number of aromatic amines is 1. The highest BCUT2D eigenvalue weighted by Crippen LogP contribution is 2.60. The third-order valence-corrected chi connectivity index (χ3v) is 8.97. The van der Waals surface area contributed by atoms with Gasteiger partial charge in [0, 0.05) is 12.8 Å². The van der Waals surface area contributed by atoms with Crippen molar-refractivity contribution in [2.45, 2.75) is 89.2 Å². The summed E-state index contributed by atoms with van der Waals surface area (Å²) in [5, 5.41) is 19.4. The lowest BCUT2D eigenvalue weighted by molar-refractivity contribution is -0.739. The highest BCUT2D eigenvalue weighted by Gasteiger charge is 2.50. The summed E-state index contributed by atoms with van der Waals surface area (Å²) in [5.74, 6) is 0. The van der Waals surface area contributed by atoms with Crippen LogP contribution in [0.4, 0.5) is 0 Å². The first-order chi connectivity index (χ1) is 14.9. The lowest BCUT2D eigenvalue weighted by atomic mass is 9.93. The fraction of sp³-hybridized carbons (Fsp3) is 0.750. The molecule has 3 heterocycles. The summed E-state index contributed by atoms with van der Waals surface area (Å²) in [6.45, 7) is 6.75. The van der Waals surface area contributed by atoms with Crippen molar-refractivity contribution in [1.29, 1.82) is 0 Å². The predicted octanol–water partition coefficient (Wildman–Crippen LogP) is 1.47. The van der Waals surface area contributed by atoms with Crippen molar-refractivity contribution in [2.24, 2.45) is 7.05 Å². The number of rotatable bonds is 9. The van der Waals surface area contributed by atoms with Gasteiger partial charge in [0.15, 0.2) is 24.2 Å². The second kappa shape index (κ2) is 8.96. The zero-order valence-corrected chi connectivity index (χ0v) is 20.1. The summed E-state index contributed by atoms with van der Waals surface area (Å²) in [6, 6.07) is 0. The van der Waals surface area contributed by atoms with Crippen LogP contribution in [0.2, 0.25) is 0 Å². The highest BCUT2D eigenvalue weighted by molar-refractivity contribution is 7.54. The third kappa shape index (κ3) is 4.42. The third-order valence-electron chi connectivity index (χ3n) is 6.60. The molecule has 3 rings (SSSR count). The average Bonchev–Trinajstić information content (AvgIpc) is 3.27. The molecule has 32 heavy (non-hydrogen) atoms. The van der Waals surface area contributed by atoms with Crippen LogP contribution in [0, 0.1) is 0 Å². The van der Waals surface area contributed by atoms with Gasteiger partial charge in [-0.15, -0.1) is 0 Å². The van der Waals surface area contributed by atoms with Gasteiger partial charge < -0.3 is 24.4 Å². The molecule has 0 amide bonds. The number of ether oxygens (including phenoxy) is 1. The van der Waals surface area contributed by atoms with Crippen molar-refractivity contribution in [3.8, 4) is 0 Å². The van der Waals surface area contributed by atoms with Gasteiger partial charge >= 0.3 is 13.2 Å². The van der Waals surface area contributed by atoms with Crippen molar-refractivity contribution in [2.75, 3.05) is 0 Å². The first-order valence-electron chi connectivity index (χ1n) is 10.9. The number of aliphatic hydroxyl groups excluding tert-OH is 1. The molecule has 0 radical (unpaired) electrons. The molecule has 0 saturated carbocycles. The lowest BCUT2D eigenvalue weighted by Gasteiger charge is -2.38. The van der Waals surface area contributed by atoms with Gasteiger partial charge in [0.25, 0.3) is 5.56 Å². The lowest BCUT2D eigenvalue weighted by Crippen LogP contribution is -2.41. The number of fused-ring (bicyclic) bond motifs is 1. The minimum atomic E-state index is -4.38. The second-order valence-corrected chi connectivity index (χ2v) is 10.8. The van der Waals surface area contributed by atoms with E-state index in [1.807, 2.05) is 6.92 Å². The van der Waals surface area contributed by atoms with Crippen LogP contribution in [0.5, 0.6) is 0 Å². The van der Waals surface area contributed by atoms with E-state index in [0.29, 0.717) is 17.6 Å². The molecular weight excluding hydrogens is 439 g/mol. The molecule has 5 atom stereocenters. The van der Waals surface area contributed by atoms with Gasteiger partial charge in [0.1, 0.15) is 0 Å². The Morgan fingerprint density at radius 2 is 2.03 bits per heavy atom. The summed E-state index contributed by atoms with van der Waals surface area (Å²) in [4.78, 5) is 29.5. The molecule has 11 nitrogen and oxygen atoms in total. The number of nitrogens with zero attached hydrogens (tertiary/aromatic N) is 3. The van der Waals surface area contributed by atoms with Crippen molar-refractivity contribution in [1.82, 2.24) is 14.5 Å². The van der Waals surface area contributed by atoms with Crippen molar-refractivity contribution in [3.63, 3.8) is 0 Å². The fourth-order valence-electron chi connectivity index (χ4n) is 4.17. The van der Waals surface area contributed by atoms with Crippen LogP contribution in [0.1, 0.15) is 66.0 Å². The Morgan fingerprint density at radius 1 is 1.38 bits per heavy atom. The molecule has 1 fully saturated rings. The Labute approximate surface area is 186 Å². The van der Waals surface area contributed by atoms with E-state index in [0.717, 1.165) is 0 Å². The predicted molar refractivity (Wildman–Crippen MR) is 116 cm³/mol. The normalized spacial score (nSPS) is 25.7. The van der Waals surface area contributed by atoms with Gasteiger partial charge in [-0.25, -0.2) is 4.57 Å². The fourth-order valence-corrected chi connectivity index (χ4v) is 5.94. The summed E-state index contributed by atoms with van der Waals surface area (Å²) in [5.41, 5.74) is -0.576. The molecule has 12 heteroatoms. The van der Waals surface area contributed by atoms with Gasteiger partial charge in [-0.3, -0.25) is 18.9 Å². The Bertz CT molecular complexity index is 1070. The number of aromatic nitrogens is 4. The summed E-state index contributed by atoms with van der Waals surface area (Å²) < 4.78 is 28.0. The van der Waals surface area contributed by atoms with Crippen LogP contribution < -0.4 is 10.1 Å². The molecular formula is C20H34N4O7P+. The zero-order chi connectivity index (χ0) is 23.9. The number of aliphatic hydroxyl groups is 2. The molecule has 2 aromatic rings. The molecule has 0 bridgehead atoms. The van der Waals surface area contributed by atoms with E-state index in [2.05, 4.69) is 9.97 Å². The molecule has 1 saturated heterocycles. The second-order valence-electron chi connectivity index (χ2n) is 8.78. The van der Waals surface area contributed by atoms with Crippen LogP contribution in [-0.2, 0) is 20.9 Å². The van der Waals surface area contributed by atoms with E-state index in [4.69, 9.17) is 9.26 Å². The van der Waals surface area contributed by atoms with E-state index in [-0.39, 0.29) is 31.2 Å².